The Morgan fingerprint density at radius 2 is 1.64 bits per heavy atom. The Morgan fingerprint density at radius 1 is 1.04 bits per heavy atom. The average Bonchev–Trinajstić information content (AvgIpc) is 2.57. The fourth-order valence-electron chi connectivity index (χ4n) is 2.67. The monoisotopic (exact) mass is 407 g/mol. The van der Waals surface area contributed by atoms with Crippen molar-refractivity contribution in [2.24, 2.45) is 5.14 Å². The molecule has 156 valence electrons. The Bertz CT molecular complexity index is 783. The summed E-state index contributed by atoms with van der Waals surface area (Å²) in [6.45, 7) is 5.66. The number of primary sulfonamides is 1. The highest BCUT2D eigenvalue weighted by Crippen LogP contribution is 2.13. The van der Waals surface area contributed by atoms with Crippen LogP contribution in [0.25, 0.3) is 0 Å². The molecule has 0 aromatic heterocycles. The molecule has 0 unspecified atom stereocenters. The molecule has 5 nitrogen and oxygen atoms in total. The number of carbonyl (C=O) groups is 1. The number of ether oxygens (including phenoxy) is 1. The normalized spacial score (nSPS) is 11.6. The van der Waals surface area contributed by atoms with Gasteiger partial charge in [-0.15, -0.1) is 0 Å². The maximum absolute atomic E-state index is 11.6. The highest BCUT2D eigenvalue weighted by atomic mass is 32.2. The van der Waals surface area contributed by atoms with E-state index in [0.29, 0.717) is 12.0 Å². The van der Waals surface area contributed by atoms with E-state index in [0.717, 1.165) is 51.4 Å². The van der Waals surface area contributed by atoms with Gasteiger partial charge in [-0.25, -0.2) is 13.6 Å². The molecular formula is C22H33NO4S. The fourth-order valence-corrected chi connectivity index (χ4v) is 3.23. The molecule has 0 spiro atoms. The first kappa shape index (κ1) is 24.2. The van der Waals surface area contributed by atoms with E-state index < -0.39 is 15.6 Å². The zero-order valence-corrected chi connectivity index (χ0v) is 18.1. The van der Waals surface area contributed by atoms with Gasteiger partial charge in [0.15, 0.2) is 0 Å². The van der Waals surface area contributed by atoms with Crippen LogP contribution >= 0.6 is 0 Å². The van der Waals surface area contributed by atoms with Gasteiger partial charge in [0.25, 0.3) is 0 Å². The first-order chi connectivity index (χ1) is 13.1. The van der Waals surface area contributed by atoms with Crippen molar-refractivity contribution < 1.29 is 17.9 Å². The van der Waals surface area contributed by atoms with Crippen LogP contribution in [0.1, 0.15) is 84.1 Å². The molecule has 1 aromatic carbocycles. The number of rotatable bonds is 10. The van der Waals surface area contributed by atoms with Gasteiger partial charge in [0.2, 0.25) is 10.0 Å². The van der Waals surface area contributed by atoms with E-state index in [9.17, 15) is 13.2 Å². The summed E-state index contributed by atoms with van der Waals surface area (Å²) in [6.07, 6.45) is 8.84. The van der Waals surface area contributed by atoms with Crippen molar-refractivity contribution in [2.75, 3.05) is 0 Å². The van der Waals surface area contributed by atoms with Gasteiger partial charge in [0.05, 0.1) is 4.90 Å². The Labute approximate surface area is 170 Å². The smallest absolute Gasteiger partial charge is 0.306 e. The predicted octanol–water partition coefficient (Wildman–Crippen LogP) is 4.54. The van der Waals surface area contributed by atoms with Crippen LogP contribution in [-0.4, -0.2) is 20.0 Å². The molecule has 1 aromatic rings. The second-order valence-electron chi connectivity index (χ2n) is 7.94. The molecule has 28 heavy (non-hydrogen) atoms. The van der Waals surface area contributed by atoms with Crippen LogP contribution in [0, 0.1) is 11.8 Å². The lowest BCUT2D eigenvalue weighted by Crippen LogP contribution is -2.23. The number of hydrogen-bond acceptors (Lipinski definition) is 4. The van der Waals surface area contributed by atoms with Crippen molar-refractivity contribution >= 4 is 16.0 Å². The number of carbonyl (C=O) groups excluding carboxylic acids is 1. The topological polar surface area (TPSA) is 86.5 Å². The molecule has 0 amide bonds. The van der Waals surface area contributed by atoms with Crippen molar-refractivity contribution in [3.63, 3.8) is 0 Å². The van der Waals surface area contributed by atoms with Gasteiger partial charge >= 0.3 is 5.97 Å². The van der Waals surface area contributed by atoms with E-state index in [4.69, 9.17) is 9.88 Å². The summed E-state index contributed by atoms with van der Waals surface area (Å²) in [5.41, 5.74) is 0.266. The lowest BCUT2D eigenvalue weighted by molar-refractivity contribution is -0.154. The number of sulfonamides is 1. The molecule has 0 aliphatic rings. The summed E-state index contributed by atoms with van der Waals surface area (Å²) in [5, 5.41) is 5.12. The van der Waals surface area contributed by atoms with Crippen LogP contribution in [0.4, 0.5) is 0 Å². The van der Waals surface area contributed by atoms with Crippen LogP contribution in [0.15, 0.2) is 29.2 Å². The number of unbranched alkanes of at least 4 members (excludes halogenated alkanes) is 7. The third kappa shape index (κ3) is 11.8. The second kappa shape index (κ2) is 11.9. The Balaban J connectivity index is 2.09. The number of hydrogen-bond donors (Lipinski definition) is 1. The quantitative estimate of drug-likeness (QED) is 0.350. The van der Waals surface area contributed by atoms with Gasteiger partial charge in [-0.3, -0.25) is 4.79 Å². The third-order valence-corrected chi connectivity index (χ3v) is 4.91. The highest BCUT2D eigenvalue weighted by Gasteiger charge is 2.15. The van der Waals surface area contributed by atoms with Crippen LogP contribution < -0.4 is 5.14 Å². The predicted molar refractivity (Wildman–Crippen MR) is 112 cm³/mol. The van der Waals surface area contributed by atoms with Crippen LogP contribution in [0.5, 0.6) is 0 Å². The minimum absolute atomic E-state index is 0.0889. The lowest BCUT2D eigenvalue weighted by Gasteiger charge is -2.19. The molecule has 1 rings (SSSR count). The number of benzene rings is 1. The molecule has 0 aliphatic carbocycles. The van der Waals surface area contributed by atoms with Crippen molar-refractivity contribution in [1.29, 1.82) is 0 Å². The second-order valence-corrected chi connectivity index (χ2v) is 9.50. The summed E-state index contributed by atoms with van der Waals surface area (Å²) in [5.74, 6) is 5.96. The standard InChI is InChI=1S/C22H33NO4S/c1-22(2,3)27-21(24)17-12-10-8-6-4-5-7-9-11-14-19-15-13-16-20(18-19)28(23,25)26/h13,15-16,18H,4-10,12,17H2,1-3H3,(H2,23,25,26). The Hall–Kier alpha value is -1.84. The molecule has 0 radical (unpaired) electrons. The first-order valence-electron chi connectivity index (χ1n) is 9.91. The number of nitrogens with two attached hydrogens (primary N) is 1. The lowest BCUT2D eigenvalue weighted by atomic mass is 10.1. The van der Waals surface area contributed by atoms with E-state index in [1.165, 1.54) is 12.1 Å². The van der Waals surface area contributed by atoms with Crippen molar-refractivity contribution in [3.05, 3.63) is 29.8 Å². The van der Waals surface area contributed by atoms with E-state index in [2.05, 4.69) is 11.8 Å². The fraction of sp³-hybridized carbons (Fsp3) is 0.591. The summed E-state index contributed by atoms with van der Waals surface area (Å²) in [4.78, 5) is 11.7. The molecular weight excluding hydrogens is 374 g/mol. The van der Waals surface area contributed by atoms with Gasteiger partial charge in [-0.1, -0.05) is 50.0 Å². The molecule has 0 atom stereocenters. The molecule has 0 saturated carbocycles. The van der Waals surface area contributed by atoms with Crippen molar-refractivity contribution in [2.45, 2.75) is 89.1 Å². The molecule has 0 bridgehead atoms. The molecule has 0 aliphatic heterocycles. The SMILES string of the molecule is CC(C)(C)OC(=O)CCCCCCCCCC#Cc1cccc(S(N)(=O)=O)c1. The first-order valence-corrected chi connectivity index (χ1v) is 11.5. The minimum atomic E-state index is -3.68. The summed E-state index contributed by atoms with van der Waals surface area (Å²) in [6, 6.07) is 6.39. The van der Waals surface area contributed by atoms with Crippen LogP contribution in [0.2, 0.25) is 0 Å². The van der Waals surface area contributed by atoms with Crippen molar-refractivity contribution in [3.8, 4) is 11.8 Å². The highest BCUT2D eigenvalue weighted by molar-refractivity contribution is 7.89. The van der Waals surface area contributed by atoms with Crippen molar-refractivity contribution in [1.82, 2.24) is 0 Å². The molecule has 0 heterocycles. The third-order valence-electron chi connectivity index (χ3n) is 4.00. The van der Waals surface area contributed by atoms with Gasteiger partial charge < -0.3 is 4.74 Å². The van der Waals surface area contributed by atoms with E-state index in [1.54, 1.807) is 12.1 Å². The Morgan fingerprint density at radius 3 is 2.25 bits per heavy atom. The Kier molecular flexibility index (Phi) is 10.3. The summed E-state index contributed by atoms with van der Waals surface area (Å²) in [7, 11) is -3.68. The van der Waals surface area contributed by atoms with Gasteiger partial charge in [0.1, 0.15) is 5.60 Å². The minimum Gasteiger partial charge on any atom is -0.460 e. The zero-order chi connectivity index (χ0) is 21.0. The molecule has 0 fully saturated rings. The number of esters is 1. The maximum atomic E-state index is 11.6. The maximum Gasteiger partial charge on any atom is 0.306 e. The summed E-state index contributed by atoms with van der Waals surface area (Å²) < 4.78 is 27.9. The average molecular weight is 408 g/mol. The van der Waals surface area contributed by atoms with E-state index >= 15 is 0 Å². The van der Waals surface area contributed by atoms with Gasteiger partial charge in [-0.05, 0) is 51.8 Å². The van der Waals surface area contributed by atoms with Gasteiger partial charge in [0, 0.05) is 18.4 Å². The zero-order valence-electron chi connectivity index (χ0n) is 17.3. The summed E-state index contributed by atoms with van der Waals surface area (Å²) >= 11 is 0. The molecule has 0 saturated heterocycles. The van der Waals surface area contributed by atoms with E-state index in [-0.39, 0.29) is 10.9 Å². The molecule has 2 N–H and O–H groups in total. The van der Waals surface area contributed by atoms with E-state index in [1.807, 2.05) is 20.8 Å². The molecule has 6 heteroatoms. The van der Waals surface area contributed by atoms with Crippen LogP contribution in [0.3, 0.4) is 0 Å². The van der Waals surface area contributed by atoms with Crippen LogP contribution in [-0.2, 0) is 19.6 Å². The largest absolute Gasteiger partial charge is 0.460 e. The van der Waals surface area contributed by atoms with Gasteiger partial charge in [-0.2, -0.15) is 0 Å².